The third kappa shape index (κ3) is 2.41. The normalized spacial score (nSPS) is 9.83. The standard InChI is InChI=1S/C9H14O2S/c1-3-5-11-9-7-12-6-8(9)10-4-2/h6-7H,3-5H2,1-2H3. The molecular weight excluding hydrogens is 172 g/mol. The Balaban J connectivity index is 2.51. The Kier molecular flexibility index (Phi) is 3.94. The van der Waals surface area contributed by atoms with Gasteiger partial charge in [0.1, 0.15) is 0 Å². The number of hydrogen-bond acceptors (Lipinski definition) is 3. The second-order valence-electron chi connectivity index (χ2n) is 2.38. The number of rotatable bonds is 5. The maximum absolute atomic E-state index is 5.46. The minimum atomic E-state index is 0.694. The zero-order chi connectivity index (χ0) is 8.81. The zero-order valence-corrected chi connectivity index (χ0v) is 8.32. The molecule has 12 heavy (non-hydrogen) atoms. The molecule has 0 N–H and O–H groups in total. The molecule has 0 fully saturated rings. The number of thiophene rings is 1. The van der Waals surface area contributed by atoms with Gasteiger partial charge in [-0.3, -0.25) is 0 Å². The zero-order valence-electron chi connectivity index (χ0n) is 7.50. The van der Waals surface area contributed by atoms with E-state index in [1.165, 1.54) is 0 Å². The summed E-state index contributed by atoms with van der Waals surface area (Å²) in [5.74, 6) is 1.75. The van der Waals surface area contributed by atoms with Crippen LogP contribution < -0.4 is 9.47 Å². The highest BCUT2D eigenvalue weighted by Gasteiger charge is 2.04. The average molecular weight is 186 g/mol. The van der Waals surface area contributed by atoms with Gasteiger partial charge >= 0.3 is 0 Å². The lowest BCUT2D eigenvalue weighted by atomic mass is 10.5. The summed E-state index contributed by atoms with van der Waals surface area (Å²) in [6.45, 7) is 5.52. The van der Waals surface area contributed by atoms with E-state index < -0.39 is 0 Å². The Labute approximate surface area is 77.1 Å². The van der Waals surface area contributed by atoms with Gasteiger partial charge in [-0.2, -0.15) is 0 Å². The van der Waals surface area contributed by atoms with Crippen molar-refractivity contribution in [3.8, 4) is 11.5 Å². The van der Waals surface area contributed by atoms with Crippen LogP contribution in [0.2, 0.25) is 0 Å². The highest BCUT2D eigenvalue weighted by Crippen LogP contribution is 2.31. The van der Waals surface area contributed by atoms with Crippen molar-refractivity contribution in [1.29, 1.82) is 0 Å². The van der Waals surface area contributed by atoms with Crippen LogP contribution in [0.5, 0.6) is 11.5 Å². The van der Waals surface area contributed by atoms with Gasteiger partial charge < -0.3 is 9.47 Å². The van der Waals surface area contributed by atoms with Crippen LogP contribution in [0.15, 0.2) is 10.8 Å². The summed E-state index contributed by atoms with van der Waals surface area (Å²) in [4.78, 5) is 0. The predicted molar refractivity (Wildman–Crippen MR) is 51.3 cm³/mol. The van der Waals surface area contributed by atoms with Gasteiger partial charge in [0.05, 0.1) is 13.2 Å². The van der Waals surface area contributed by atoms with Gasteiger partial charge in [0.2, 0.25) is 0 Å². The Morgan fingerprint density at radius 2 is 1.83 bits per heavy atom. The number of hydrogen-bond donors (Lipinski definition) is 0. The third-order valence-corrected chi connectivity index (χ3v) is 2.05. The SMILES string of the molecule is CCCOc1cscc1OCC. The summed E-state index contributed by atoms with van der Waals surface area (Å²) in [6, 6.07) is 0. The fraction of sp³-hybridized carbons (Fsp3) is 0.556. The van der Waals surface area contributed by atoms with Gasteiger partial charge in [0.25, 0.3) is 0 Å². The first-order chi connectivity index (χ1) is 5.88. The van der Waals surface area contributed by atoms with E-state index in [9.17, 15) is 0 Å². The van der Waals surface area contributed by atoms with Crippen molar-refractivity contribution in [1.82, 2.24) is 0 Å². The van der Waals surface area contributed by atoms with Crippen LogP contribution in [-0.4, -0.2) is 13.2 Å². The van der Waals surface area contributed by atoms with E-state index in [1.54, 1.807) is 11.3 Å². The lowest BCUT2D eigenvalue weighted by Crippen LogP contribution is -1.97. The van der Waals surface area contributed by atoms with Gasteiger partial charge in [-0.25, -0.2) is 0 Å². The van der Waals surface area contributed by atoms with Crippen molar-refractivity contribution in [2.75, 3.05) is 13.2 Å². The molecule has 1 heterocycles. The van der Waals surface area contributed by atoms with Gasteiger partial charge in [-0.05, 0) is 13.3 Å². The minimum Gasteiger partial charge on any atom is -0.489 e. The summed E-state index contributed by atoms with van der Waals surface area (Å²) in [6.07, 6.45) is 1.03. The molecule has 0 aliphatic heterocycles. The lowest BCUT2D eigenvalue weighted by Gasteiger charge is -2.05. The monoisotopic (exact) mass is 186 g/mol. The molecule has 0 bridgehead atoms. The molecule has 0 amide bonds. The third-order valence-electron chi connectivity index (χ3n) is 1.35. The molecule has 3 heteroatoms. The molecule has 1 aromatic heterocycles. The van der Waals surface area contributed by atoms with Crippen LogP contribution in [0.25, 0.3) is 0 Å². The maximum Gasteiger partial charge on any atom is 0.171 e. The molecule has 0 aliphatic carbocycles. The molecular formula is C9H14O2S. The lowest BCUT2D eigenvalue weighted by molar-refractivity contribution is 0.279. The smallest absolute Gasteiger partial charge is 0.171 e. The summed E-state index contributed by atoms with van der Waals surface area (Å²) < 4.78 is 10.8. The molecule has 0 saturated heterocycles. The quantitative estimate of drug-likeness (QED) is 0.704. The molecule has 2 nitrogen and oxygen atoms in total. The van der Waals surface area contributed by atoms with E-state index in [-0.39, 0.29) is 0 Å². The first-order valence-corrected chi connectivity index (χ1v) is 5.14. The Bertz CT molecular complexity index is 220. The highest BCUT2D eigenvalue weighted by atomic mass is 32.1. The van der Waals surface area contributed by atoms with Crippen molar-refractivity contribution in [3.63, 3.8) is 0 Å². The van der Waals surface area contributed by atoms with Gasteiger partial charge in [-0.1, -0.05) is 6.92 Å². The molecule has 0 spiro atoms. The van der Waals surface area contributed by atoms with Crippen LogP contribution in [0, 0.1) is 0 Å². The average Bonchev–Trinajstić information content (AvgIpc) is 2.50. The van der Waals surface area contributed by atoms with Crippen LogP contribution in [0.3, 0.4) is 0 Å². The van der Waals surface area contributed by atoms with Crippen LogP contribution in [0.1, 0.15) is 20.3 Å². The van der Waals surface area contributed by atoms with E-state index in [0.29, 0.717) is 6.61 Å². The van der Waals surface area contributed by atoms with Crippen molar-refractivity contribution >= 4 is 11.3 Å². The molecule has 0 unspecified atom stereocenters. The van der Waals surface area contributed by atoms with Crippen molar-refractivity contribution in [2.45, 2.75) is 20.3 Å². The van der Waals surface area contributed by atoms with E-state index in [2.05, 4.69) is 6.92 Å². The second kappa shape index (κ2) is 5.04. The molecule has 0 aromatic carbocycles. The highest BCUT2D eigenvalue weighted by molar-refractivity contribution is 7.08. The first-order valence-electron chi connectivity index (χ1n) is 4.20. The minimum absolute atomic E-state index is 0.694. The molecule has 1 aromatic rings. The predicted octanol–water partition coefficient (Wildman–Crippen LogP) is 2.94. The van der Waals surface area contributed by atoms with E-state index in [4.69, 9.17) is 9.47 Å². The van der Waals surface area contributed by atoms with E-state index in [1.807, 2.05) is 17.7 Å². The van der Waals surface area contributed by atoms with E-state index in [0.717, 1.165) is 24.5 Å². The Morgan fingerprint density at radius 3 is 2.42 bits per heavy atom. The molecule has 0 saturated carbocycles. The first kappa shape index (κ1) is 9.39. The topological polar surface area (TPSA) is 18.5 Å². The fourth-order valence-corrected chi connectivity index (χ4v) is 1.54. The largest absolute Gasteiger partial charge is 0.489 e. The van der Waals surface area contributed by atoms with Crippen LogP contribution in [-0.2, 0) is 0 Å². The van der Waals surface area contributed by atoms with Gasteiger partial charge in [0.15, 0.2) is 11.5 Å². The molecule has 68 valence electrons. The Hall–Kier alpha value is -0.700. The number of ether oxygens (including phenoxy) is 2. The molecule has 0 aliphatic rings. The Morgan fingerprint density at radius 1 is 1.17 bits per heavy atom. The summed E-state index contributed by atoms with van der Waals surface area (Å²) in [5.41, 5.74) is 0. The molecule has 0 atom stereocenters. The summed E-state index contributed by atoms with van der Waals surface area (Å²) in [7, 11) is 0. The van der Waals surface area contributed by atoms with Crippen LogP contribution >= 0.6 is 11.3 Å². The van der Waals surface area contributed by atoms with Gasteiger partial charge in [-0.15, -0.1) is 11.3 Å². The summed E-state index contributed by atoms with van der Waals surface area (Å²) >= 11 is 1.61. The molecule has 0 radical (unpaired) electrons. The van der Waals surface area contributed by atoms with Crippen molar-refractivity contribution in [2.24, 2.45) is 0 Å². The van der Waals surface area contributed by atoms with Gasteiger partial charge in [0, 0.05) is 10.8 Å². The second-order valence-corrected chi connectivity index (χ2v) is 3.13. The van der Waals surface area contributed by atoms with Crippen LogP contribution in [0.4, 0.5) is 0 Å². The molecule has 1 rings (SSSR count). The maximum atomic E-state index is 5.46. The fourth-order valence-electron chi connectivity index (χ4n) is 0.852. The summed E-state index contributed by atoms with van der Waals surface area (Å²) in [5, 5.41) is 3.94. The van der Waals surface area contributed by atoms with Crippen molar-refractivity contribution in [3.05, 3.63) is 10.8 Å². The van der Waals surface area contributed by atoms with Crippen molar-refractivity contribution < 1.29 is 9.47 Å². The van der Waals surface area contributed by atoms with E-state index >= 15 is 0 Å².